The Morgan fingerprint density at radius 1 is 1.12 bits per heavy atom. The first kappa shape index (κ1) is 22.9. The summed E-state index contributed by atoms with van der Waals surface area (Å²) in [6.07, 6.45) is -2.98. The van der Waals surface area contributed by atoms with E-state index >= 15 is 0 Å². The van der Waals surface area contributed by atoms with Crippen LogP contribution in [0.1, 0.15) is 16.7 Å². The number of morpholine rings is 1. The van der Waals surface area contributed by atoms with E-state index < -0.39 is 28.6 Å². The highest BCUT2D eigenvalue weighted by molar-refractivity contribution is 8.18. The Bertz CT molecular complexity index is 1130. The fraction of sp³-hybridized carbons (Fsp3) is 0.227. The molecule has 0 aliphatic carbocycles. The number of benzene rings is 2. The van der Waals surface area contributed by atoms with Crippen molar-refractivity contribution in [3.8, 4) is 11.5 Å². The maximum Gasteiger partial charge on any atom is 0.420 e. The standard InChI is InChI=1S/C22H17F3N2O5S/c23-22(24,25)16-8-13(9-18-20(29)27-21(30)33-18)3-6-17(16)32-15-4-1-12(2-5-15)7-14-10-31-11-19(28)26-14/h1-6,8-9,14H,7,10-11H2,(H,26,28)(H,27,29,30). The number of rotatable bonds is 5. The molecule has 0 saturated carbocycles. The summed E-state index contributed by atoms with van der Waals surface area (Å²) in [6.45, 7) is 0.417. The number of imide groups is 1. The van der Waals surface area contributed by atoms with Crippen LogP contribution in [0.5, 0.6) is 11.5 Å². The number of carbonyl (C=O) groups is 3. The fourth-order valence-electron chi connectivity index (χ4n) is 3.34. The molecule has 2 heterocycles. The minimum atomic E-state index is -4.70. The highest BCUT2D eigenvalue weighted by atomic mass is 32.2. The van der Waals surface area contributed by atoms with E-state index in [0.717, 1.165) is 17.7 Å². The Labute approximate surface area is 190 Å². The van der Waals surface area contributed by atoms with Crippen LogP contribution in [-0.4, -0.2) is 36.3 Å². The number of hydrogen-bond acceptors (Lipinski definition) is 6. The van der Waals surface area contributed by atoms with Gasteiger partial charge in [0.2, 0.25) is 5.91 Å². The molecule has 172 valence electrons. The van der Waals surface area contributed by atoms with Crippen molar-refractivity contribution in [3.63, 3.8) is 0 Å². The molecule has 1 atom stereocenters. The molecule has 0 radical (unpaired) electrons. The molecule has 2 fully saturated rings. The maximum atomic E-state index is 13.7. The van der Waals surface area contributed by atoms with Crippen LogP contribution in [-0.2, 0) is 26.9 Å². The molecule has 0 aromatic heterocycles. The van der Waals surface area contributed by atoms with Gasteiger partial charge in [-0.25, -0.2) is 0 Å². The molecule has 2 aliphatic heterocycles. The molecule has 0 bridgehead atoms. The zero-order chi connectivity index (χ0) is 23.6. The number of alkyl halides is 3. The average molecular weight is 478 g/mol. The summed E-state index contributed by atoms with van der Waals surface area (Å²) in [4.78, 5) is 34.3. The second kappa shape index (κ2) is 9.28. The van der Waals surface area contributed by atoms with Crippen molar-refractivity contribution in [3.05, 3.63) is 64.1 Å². The number of thioether (sulfide) groups is 1. The first-order chi connectivity index (χ1) is 15.7. The molecule has 4 rings (SSSR count). The van der Waals surface area contributed by atoms with Gasteiger partial charge >= 0.3 is 6.18 Å². The Kier molecular flexibility index (Phi) is 6.43. The van der Waals surface area contributed by atoms with Gasteiger partial charge in [0.15, 0.2) is 0 Å². The Morgan fingerprint density at radius 2 is 1.88 bits per heavy atom. The van der Waals surface area contributed by atoms with Gasteiger partial charge in [-0.05, 0) is 59.7 Å². The van der Waals surface area contributed by atoms with E-state index in [1.807, 2.05) is 0 Å². The lowest BCUT2D eigenvalue weighted by atomic mass is 10.1. The molecule has 0 spiro atoms. The van der Waals surface area contributed by atoms with E-state index in [-0.39, 0.29) is 34.8 Å². The predicted octanol–water partition coefficient (Wildman–Crippen LogP) is 3.88. The third kappa shape index (κ3) is 5.74. The summed E-state index contributed by atoms with van der Waals surface area (Å²) in [5.74, 6) is -1.04. The first-order valence-corrected chi connectivity index (χ1v) is 10.6. The van der Waals surface area contributed by atoms with E-state index in [1.54, 1.807) is 24.3 Å². The quantitative estimate of drug-likeness (QED) is 0.634. The van der Waals surface area contributed by atoms with E-state index in [1.165, 1.54) is 12.1 Å². The molecule has 2 saturated heterocycles. The van der Waals surface area contributed by atoms with E-state index in [9.17, 15) is 27.6 Å². The van der Waals surface area contributed by atoms with Gasteiger partial charge in [-0.2, -0.15) is 13.2 Å². The van der Waals surface area contributed by atoms with Crippen molar-refractivity contribution in [1.29, 1.82) is 0 Å². The number of hydrogen-bond donors (Lipinski definition) is 2. The molecule has 2 aromatic carbocycles. The van der Waals surface area contributed by atoms with Gasteiger partial charge in [0.25, 0.3) is 11.1 Å². The minimum absolute atomic E-state index is 0.0111. The molecule has 11 heteroatoms. The van der Waals surface area contributed by atoms with Crippen LogP contribution < -0.4 is 15.4 Å². The van der Waals surface area contributed by atoms with Crippen molar-refractivity contribution in [2.24, 2.45) is 0 Å². The van der Waals surface area contributed by atoms with E-state index in [0.29, 0.717) is 24.8 Å². The van der Waals surface area contributed by atoms with Crippen molar-refractivity contribution in [2.45, 2.75) is 18.6 Å². The monoisotopic (exact) mass is 478 g/mol. The van der Waals surface area contributed by atoms with Gasteiger partial charge in [-0.15, -0.1) is 0 Å². The number of nitrogens with one attached hydrogen (secondary N) is 2. The molecule has 33 heavy (non-hydrogen) atoms. The Balaban J connectivity index is 1.51. The summed E-state index contributed by atoms with van der Waals surface area (Å²) >= 11 is 0.620. The first-order valence-electron chi connectivity index (χ1n) is 9.77. The second-order valence-corrected chi connectivity index (χ2v) is 8.35. The zero-order valence-electron chi connectivity index (χ0n) is 16.9. The third-order valence-electron chi connectivity index (χ3n) is 4.80. The summed E-state index contributed by atoms with van der Waals surface area (Å²) in [5, 5.41) is 4.28. The molecular weight excluding hydrogens is 461 g/mol. The van der Waals surface area contributed by atoms with Gasteiger partial charge in [0.05, 0.1) is 23.1 Å². The van der Waals surface area contributed by atoms with Crippen molar-refractivity contribution >= 4 is 34.9 Å². The highest BCUT2D eigenvalue weighted by Gasteiger charge is 2.35. The normalized spacial score (nSPS) is 20.0. The SMILES string of the molecule is O=C1COCC(Cc2ccc(Oc3ccc(C=C4SC(=O)NC4=O)cc3C(F)(F)F)cc2)N1. The molecule has 2 aliphatic rings. The van der Waals surface area contributed by atoms with Crippen LogP contribution in [0.15, 0.2) is 47.4 Å². The predicted molar refractivity (Wildman–Crippen MR) is 114 cm³/mol. The van der Waals surface area contributed by atoms with E-state index in [4.69, 9.17) is 9.47 Å². The van der Waals surface area contributed by atoms with Crippen molar-refractivity contribution < 1.29 is 37.0 Å². The third-order valence-corrected chi connectivity index (χ3v) is 5.61. The van der Waals surface area contributed by atoms with Gasteiger partial charge in [0, 0.05) is 0 Å². The summed E-state index contributed by atoms with van der Waals surface area (Å²) in [7, 11) is 0. The topological polar surface area (TPSA) is 93.7 Å². The lowest BCUT2D eigenvalue weighted by Crippen LogP contribution is -2.46. The number of carbonyl (C=O) groups excluding carboxylic acids is 3. The van der Waals surface area contributed by atoms with Crippen LogP contribution >= 0.6 is 11.8 Å². The van der Waals surface area contributed by atoms with Crippen molar-refractivity contribution in [1.82, 2.24) is 10.6 Å². The van der Waals surface area contributed by atoms with Gasteiger partial charge in [-0.1, -0.05) is 18.2 Å². The molecule has 2 N–H and O–H groups in total. The zero-order valence-corrected chi connectivity index (χ0v) is 17.7. The van der Waals surface area contributed by atoms with Gasteiger partial charge in [-0.3, -0.25) is 19.7 Å². The smallest absolute Gasteiger partial charge is 0.420 e. The van der Waals surface area contributed by atoms with Crippen LogP contribution in [0.2, 0.25) is 0 Å². The van der Waals surface area contributed by atoms with E-state index in [2.05, 4.69) is 10.6 Å². The molecule has 2 aromatic rings. The van der Waals surface area contributed by atoms with Crippen molar-refractivity contribution in [2.75, 3.05) is 13.2 Å². The second-order valence-electron chi connectivity index (χ2n) is 7.34. The molecule has 1 unspecified atom stereocenters. The summed E-state index contributed by atoms with van der Waals surface area (Å²) in [5.41, 5.74) is -0.0510. The molecule has 7 nitrogen and oxygen atoms in total. The number of ether oxygens (including phenoxy) is 2. The highest BCUT2D eigenvalue weighted by Crippen LogP contribution is 2.39. The minimum Gasteiger partial charge on any atom is -0.457 e. The largest absolute Gasteiger partial charge is 0.457 e. The number of amides is 3. The van der Waals surface area contributed by atoms with Crippen LogP contribution in [0.25, 0.3) is 6.08 Å². The van der Waals surface area contributed by atoms with Crippen LogP contribution in [0, 0.1) is 0 Å². The lowest BCUT2D eigenvalue weighted by molar-refractivity contribution is -0.138. The number of halogens is 3. The van der Waals surface area contributed by atoms with Gasteiger partial charge < -0.3 is 14.8 Å². The van der Waals surface area contributed by atoms with Gasteiger partial charge in [0.1, 0.15) is 18.1 Å². The lowest BCUT2D eigenvalue weighted by Gasteiger charge is -2.23. The Morgan fingerprint density at radius 3 is 2.52 bits per heavy atom. The van der Waals surface area contributed by atoms with Crippen LogP contribution in [0.3, 0.4) is 0 Å². The summed E-state index contributed by atoms with van der Waals surface area (Å²) < 4.78 is 51.6. The van der Waals surface area contributed by atoms with Crippen LogP contribution in [0.4, 0.5) is 18.0 Å². The maximum absolute atomic E-state index is 13.7. The summed E-state index contributed by atoms with van der Waals surface area (Å²) in [6, 6.07) is 9.71. The Hall–Kier alpha value is -3.31. The molecule has 3 amide bonds. The molecular formula is C22H17F3N2O5S. The fourth-order valence-corrected chi connectivity index (χ4v) is 4.02. The average Bonchev–Trinajstić information content (AvgIpc) is 3.06.